The van der Waals surface area contributed by atoms with E-state index in [1.807, 2.05) is 41.9 Å². The van der Waals surface area contributed by atoms with Crippen molar-refractivity contribution in [2.24, 2.45) is 5.10 Å². The first-order chi connectivity index (χ1) is 14.6. The molecule has 0 amide bonds. The summed E-state index contributed by atoms with van der Waals surface area (Å²) in [7, 11) is 1.63. The lowest BCUT2D eigenvalue weighted by molar-refractivity contribution is 0.311. The van der Waals surface area contributed by atoms with Gasteiger partial charge in [-0.05, 0) is 54.8 Å². The number of hydrogen-bond donors (Lipinski definition) is 0. The van der Waals surface area contributed by atoms with Crippen molar-refractivity contribution in [1.82, 2.24) is 14.9 Å². The molecule has 0 aliphatic carbocycles. The van der Waals surface area contributed by atoms with Crippen LogP contribution in [0.3, 0.4) is 0 Å². The Bertz CT molecular complexity index is 989. The van der Waals surface area contributed by atoms with E-state index in [9.17, 15) is 0 Å². The maximum absolute atomic E-state index is 5.58. The lowest BCUT2D eigenvalue weighted by atomic mass is 10.2. The van der Waals surface area contributed by atoms with Crippen LogP contribution in [0.5, 0.6) is 11.5 Å². The van der Waals surface area contributed by atoms with Gasteiger partial charge in [-0.15, -0.1) is 10.2 Å². The first-order valence-electron chi connectivity index (χ1n) is 9.81. The second kappa shape index (κ2) is 11.2. The SMILES string of the molecule is CCCc1nnc(SCc2ccc(Br)cc2)n1/N=C\c1ccc(OCC)c(OC)c1. The van der Waals surface area contributed by atoms with Crippen molar-refractivity contribution in [3.63, 3.8) is 0 Å². The third-order valence-electron chi connectivity index (χ3n) is 4.24. The van der Waals surface area contributed by atoms with Crippen molar-refractivity contribution in [2.45, 2.75) is 37.6 Å². The van der Waals surface area contributed by atoms with Gasteiger partial charge in [-0.1, -0.05) is 46.7 Å². The number of thioether (sulfide) groups is 1. The fourth-order valence-electron chi connectivity index (χ4n) is 2.77. The number of nitrogens with zero attached hydrogens (tertiary/aromatic N) is 4. The number of halogens is 1. The van der Waals surface area contributed by atoms with Crippen LogP contribution in [0, 0.1) is 0 Å². The molecule has 0 saturated carbocycles. The van der Waals surface area contributed by atoms with Crippen LogP contribution in [0.4, 0.5) is 0 Å². The monoisotopic (exact) mass is 488 g/mol. The third-order valence-corrected chi connectivity index (χ3v) is 5.76. The number of rotatable bonds is 10. The van der Waals surface area contributed by atoms with Crippen LogP contribution >= 0.6 is 27.7 Å². The zero-order chi connectivity index (χ0) is 21.3. The molecule has 30 heavy (non-hydrogen) atoms. The van der Waals surface area contributed by atoms with Crippen LogP contribution in [0.15, 0.2) is 57.2 Å². The fourth-order valence-corrected chi connectivity index (χ4v) is 3.90. The molecule has 0 unspecified atom stereocenters. The van der Waals surface area contributed by atoms with Gasteiger partial charge < -0.3 is 9.47 Å². The van der Waals surface area contributed by atoms with Crippen molar-refractivity contribution in [3.8, 4) is 11.5 Å². The average Bonchev–Trinajstić information content (AvgIpc) is 3.14. The second-order valence-corrected chi connectivity index (χ2v) is 8.32. The number of hydrogen-bond acceptors (Lipinski definition) is 6. The van der Waals surface area contributed by atoms with Crippen molar-refractivity contribution >= 4 is 33.9 Å². The molecule has 3 rings (SSSR count). The minimum Gasteiger partial charge on any atom is -0.493 e. The molecule has 0 spiro atoms. The molecule has 8 heteroatoms. The van der Waals surface area contributed by atoms with Crippen LogP contribution in [0.2, 0.25) is 0 Å². The Morgan fingerprint density at radius 2 is 1.90 bits per heavy atom. The fraction of sp³-hybridized carbons (Fsp3) is 0.318. The number of aryl methyl sites for hydroxylation is 1. The molecule has 0 aliphatic rings. The summed E-state index contributed by atoms with van der Waals surface area (Å²) in [5, 5.41) is 14.2. The van der Waals surface area contributed by atoms with Crippen LogP contribution in [0.25, 0.3) is 0 Å². The molecule has 3 aromatic rings. The molecule has 0 aliphatic heterocycles. The predicted octanol–water partition coefficient (Wildman–Crippen LogP) is 5.57. The van der Waals surface area contributed by atoms with E-state index in [1.54, 1.807) is 25.1 Å². The number of benzene rings is 2. The lowest BCUT2D eigenvalue weighted by Crippen LogP contribution is -2.01. The maximum Gasteiger partial charge on any atom is 0.212 e. The first-order valence-corrected chi connectivity index (χ1v) is 11.6. The summed E-state index contributed by atoms with van der Waals surface area (Å²) in [6.45, 7) is 4.65. The van der Waals surface area contributed by atoms with Gasteiger partial charge >= 0.3 is 0 Å². The largest absolute Gasteiger partial charge is 0.493 e. The van der Waals surface area contributed by atoms with Crippen LogP contribution in [0.1, 0.15) is 37.2 Å². The quantitative estimate of drug-likeness (QED) is 0.275. The summed E-state index contributed by atoms with van der Waals surface area (Å²) >= 11 is 5.09. The Balaban J connectivity index is 1.81. The Labute approximate surface area is 189 Å². The highest BCUT2D eigenvalue weighted by atomic mass is 79.9. The van der Waals surface area contributed by atoms with Gasteiger partial charge in [-0.3, -0.25) is 0 Å². The highest BCUT2D eigenvalue weighted by Crippen LogP contribution is 2.28. The van der Waals surface area contributed by atoms with E-state index in [4.69, 9.17) is 9.47 Å². The van der Waals surface area contributed by atoms with Crippen LogP contribution in [-0.2, 0) is 12.2 Å². The van der Waals surface area contributed by atoms with Crippen LogP contribution < -0.4 is 9.47 Å². The molecule has 1 aromatic heterocycles. The van der Waals surface area contributed by atoms with Gasteiger partial charge in [-0.2, -0.15) is 9.78 Å². The van der Waals surface area contributed by atoms with Gasteiger partial charge in [0.25, 0.3) is 0 Å². The van der Waals surface area contributed by atoms with E-state index < -0.39 is 0 Å². The molecular weight excluding hydrogens is 464 g/mol. The molecule has 0 atom stereocenters. The van der Waals surface area contributed by atoms with E-state index >= 15 is 0 Å². The highest BCUT2D eigenvalue weighted by Gasteiger charge is 2.12. The van der Waals surface area contributed by atoms with Crippen molar-refractivity contribution in [2.75, 3.05) is 13.7 Å². The Hall–Kier alpha value is -2.32. The smallest absolute Gasteiger partial charge is 0.212 e. The summed E-state index contributed by atoms with van der Waals surface area (Å²) in [5.74, 6) is 3.05. The zero-order valence-corrected chi connectivity index (χ0v) is 19.7. The zero-order valence-electron chi connectivity index (χ0n) is 17.3. The third kappa shape index (κ3) is 5.86. The van der Waals surface area contributed by atoms with Crippen molar-refractivity contribution in [3.05, 3.63) is 63.9 Å². The maximum atomic E-state index is 5.58. The molecule has 0 fully saturated rings. The van der Waals surface area contributed by atoms with E-state index in [2.05, 4.69) is 50.3 Å². The standard InChI is InChI=1S/C22H25BrN4O2S/c1-4-6-21-25-26-22(30-15-16-7-10-18(23)11-8-16)27(21)24-14-17-9-12-19(29-5-2)20(13-17)28-3/h7-14H,4-6,15H2,1-3H3/b24-14-. The van der Waals surface area contributed by atoms with Gasteiger partial charge in [0.2, 0.25) is 5.16 Å². The second-order valence-electron chi connectivity index (χ2n) is 6.46. The first kappa shape index (κ1) is 22.4. The van der Waals surface area contributed by atoms with E-state index in [0.29, 0.717) is 12.4 Å². The minimum absolute atomic E-state index is 0.587. The molecule has 1 heterocycles. The summed E-state index contributed by atoms with van der Waals surface area (Å²) in [6.07, 6.45) is 3.59. The van der Waals surface area contributed by atoms with Crippen LogP contribution in [-0.4, -0.2) is 34.8 Å². The summed E-state index contributed by atoms with van der Waals surface area (Å²) < 4.78 is 13.9. The molecule has 0 N–H and O–H groups in total. The molecule has 158 valence electrons. The van der Waals surface area contributed by atoms with E-state index in [-0.39, 0.29) is 0 Å². The molecule has 2 aromatic carbocycles. The normalized spacial score (nSPS) is 11.2. The van der Waals surface area contributed by atoms with E-state index in [1.165, 1.54) is 5.56 Å². The number of ether oxygens (including phenoxy) is 2. The summed E-state index contributed by atoms with van der Waals surface area (Å²) in [4.78, 5) is 0. The van der Waals surface area contributed by atoms with Gasteiger partial charge in [-0.25, -0.2) is 0 Å². The molecule has 0 radical (unpaired) electrons. The predicted molar refractivity (Wildman–Crippen MR) is 125 cm³/mol. The molecule has 0 saturated heterocycles. The number of methoxy groups -OCH3 is 1. The van der Waals surface area contributed by atoms with Gasteiger partial charge in [0.05, 0.1) is 19.9 Å². The Morgan fingerprint density at radius 1 is 1.10 bits per heavy atom. The van der Waals surface area contributed by atoms with E-state index in [0.717, 1.165) is 45.4 Å². The molecular formula is C22H25BrN4O2S. The van der Waals surface area contributed by atoms with Crippen molar-refractivity contribution in [1.29, 1.82) is 0 Å². The molecule has 0 bridgehead atoms. The topological polar surface area (TPSA) is 61.5 Å². The number of aromatic nitrogens is 3. The summed E-state index contributed by atoms with van der Waals surface area (Å²) in [6, 6.07) is 14.0. The van der Waals surface area contributed by atoms with Crippen molar-refractivity contribution < 1.29 is 9.47 Å². The lowest BCUT2D eigenvalue weighted by Gasteiger charge is -2.09. The average molecular weight is 489 g/mol. The van der Waals surface area contributed by atoms with Gasteiger partial charge in [0, 0.05) is 16.6 Å². The van der Waals surface area contributed by atoms with Gasteiger partial charge in [0.15, 0.2) is 17.3 Å². The van der Waals surface area contributed by atoms with Gasteiger partial charge in [0.1, 0.15) is 0 Å². The minimum atomic E-state index is 0.587. The Morgan fingerprint density at radius 3 is 2.60 bits per heavy atom. The Kier molecular flexibility index (Phi) is 8.33. The highest BCUT2D eigenvalue weighted by molar-refractivity contribution is 9.10. The molecule has 6 nitrogen and oxygen atoms in total. The summed E-state index contributed by atoms with van der Waals surface area (Å²) in [5.41, 5.74) is 2.13.